The van der Waals surface area contributed by atoms with Crippen LogP contribution in [0, 0.1) is 5.82 Å². The van der Waals surface area contributed by atoms with Gasteiger partial charge >= 0.3 is 5.97 Å². The van der Waals surface area contributed by atoms with E-state index in [4.69, 9.17) is 16.7 Å². The first-order valence-corrected chi connectivity index (χ1v) is 6.85. The van der Waals surface area contributed by atoms with Crippen molar-refractivity contribution in [3.63, 3.8) is 0 Å². The van der Waals surface area contributed by atoms with Crippen molar-refractivity contribution in [2.45, 2.75) is 0 Å². The van der Waals surface area contributed by atoms with Gasteiger partial charge in [0.25, 0.3) is 5.91 Å². The van der Waals surface area contributed by atoms with Crippen molar-refractivity contribution in [3.8, 4) is 0 Å². The van der Waals surface area contributed by atoms with E-state index >= 15 is 0 Å². The second-order valence-corrected chi connectivity index (χ2v) is 5.29. The van der Waals surface area contributed by atoms with E-state index in [1.165, 1.54) is 30.3 Å². The third-order valence-corrected chi connectivity index (χ3v) is 3.73. The van der Waals surface area contributed by atoms with Gasteiger partial charge in [0.05, 0.1) is 16.1 Å². The van der Waals surface area contributed by atoms with Crippen molar-refractivity contribution in [2.24, 2.45) is 0 Å². The smallest absolute Gasteiger partial charge is 0.336 e. The van der Waals surface area contributed by atoms with Crippen molar-refractivity contribution in [3.05, 3.63) is 62.8 Å². The van der Waals surface area contributed by atoms with Crippen LogP contribution in [-0.2, 0) is 0 Å². The lowest BCUT2D eigenvalue weighted by molar-refractivity contribution is 0.0695. The second-order valence-electron chi connectivity index (χ2n) is 4.06. The molecule has 0 bridgehead atoms. The van der Waals surface area contributed by atoms with Crippen LogP contribution in [0.2, 0.25) is 5.02 Å². The molecule has 0 aromatic heterocycles. The number of amides is 1. The van der Waals surface area contributed by atoms with Gasteiger partial charge in [0.2, 0.25) is 0 Å². The maximum absolute atomic E-state index is 13.3. The van der Waals surface area contributed by atoms with E-state index in [-0.39, 0.29) is 21.8 Å². The number of rotatable bonds is 3. The number of nitrogens with one attached hydrogen (secondary N) is 1. The molecule has 0 radical (unpaired) electrons. The average Bonchev–Trinajstić information content (AvgIpc) is 2.43. The number of aromatic carboxylic acids is 1. The van der Waals surface area contributed by atoms with Gasteiger partial charge in [-0.2, -0.15) is 0 Å². The van der Waals surface area contributed by atoms with E-state index in [0.717, 1.165) is 6.07 Å². The molecule has 0 aliphatic heterocycles. The molecule has 4 nitrogen and oxygen atoms in total. The fourth-order valence-electron chi connectivity index (χ4n) is 1.64. The minimum atomic E-state index is -1.14. The number of carbonyl (C=O) groups is 2. The fraction of sp³-hybridized carbons (Fsp3) is 0. The molecule has 0 aliphatic carbocycles. The normalized spacial score (nSPS) is 10.2. The predicted molar refractivity (Wildman–Crippen MR) is 80.5 cm³/mol. The first kappa shape index (κ1) is 15.5. The van der Waals surface area contributed by atoms with Crippen molar-refractivity contribution in [1.82, 2.24) is 0 Å². The summed E-state index contributed by atoms with van der Waals surface area (Å²) in [6.07, 6.45) is 0. The predicted octanol–water partition coefficient (Wildman–Crippen LogP) is 4.19. The van der Waals surface area contributed by atoms with Gasteiger partial charge in [-0.3, -0.25) is 4.79 Å². The Bertz CT molecular complexity index is 736. The van der Waals surface area contributed by atoms with E-state index in [2.05, 4.69) is 21.2 Å². The molecule has 1 amide bonds. The lowest BCUT2D eigenvalue weighted by Crippen LogP contribution is -2.13. The summed E-state index contributed by atoms with van der Waals surface area (Å²) in [5, 5.41) is 11.2. The number of hydrogen-bond donors (Lipinski definition) is 2. The molecule has 2 N–H and O–H groups in total. The standard InChI is InChI=1S/C14H8BrClFNO3/c15-10-5-4-7(6-9(10)14(20)21)18-13(19)8-2-1-3-11(17)12(8)16/h1-6H,(H,18,19)(H,20,21). The summed E-state index contributed by atoms with van der Waals surface area (Å²) < 4.78 is 13.7. The van der Waals surface area contributed by atoms with Crippen LogP contribution in [0.15, 0.2) is 40.9 Å². The van der Waals surface area contributed by atoms with Crippen LogP contribution in [0.4, 0.5) is 10.1 Å². The zero-order valence-corrected chi connectivity index (χ0v) is 12.7. The Hall–Kier alpha value is -1.92. The monoisotopic (exact) mass is 371 g/mol. The summed E-state index contributed by atoms with van der Waals surface area (Å²) >= 11 is 8.82. The molecule has 0 aliphatic rings. The molecular formula is C14H8BrClFNO3. The first-order chi connectivity index (χ1) is 9.90. The Labute approximate surface area is 132 Å². The van der Waals surface area contributed by atoms with Crippen molar-refractivity contribution < 1.29 is 19.1 Å². The molecule has 7 heteroatoms. The Kier molecular flexibility index (Phi) is 4.59. The fourth-order valence-corrected chi connectivity index (χ4v) is 2.27. The van der Waals surface area contributed by atoms with Crippen molar-refractivity contribution >= 4 is 45.1 Å². The number of carboxylic acids is 1. The SMILES string of the molecule is O=C(O)c1cc(NC(=O)c2cccc(F)c2Cl)ccc1Br. The number of hydrogen-bond acceptors (Lipinski definition) is 2. The van der Waals surface area contributed by atoms with Gasteiger partial charge < -0.3 is 10.4 Å². The van der Waals surface area contributed by atoms with E-state index < -0.39 is 17.7 Å². The molecule has 0 atom stereocenters. The van der Waals surface area contributed by atoms with Crippen LogP contribution < -0.4 is 5.32 Å². The minimum absolute atomic E-state index is 0.00172. The largest absolute Gasteiger partial charge is 0.478 e. The number of halogens is 3. The summed E-state index contributed by atoms with van der Waals surface area (Å²) in [7, 11) is 0. The van der Waals surface area contributed by atoms with E-state index in [1.807, 2.05) is 0 Å². The van der Waals surface area contributed by atoms with Crippen LogP contribution in [-0.4, -0.2) is 17.0 Å². The van der Waals surface area contributed by atoms with Crippen LogP contribution in [0.5, 0.6) is 0 Å². The maximum Gasteiger partial charge on any atom is 0.336 e. The quantitative estimate of drug-likeness (QED) is 0.849. The molecule has 2 aromatic rings. The summed E-state index contributed by atoms with van der Waals surface area (Å²) in [6, 6.07) is 8.17. The van der Waals surface area contributed by atoms with Gasteiger partial charge in [0.1, 0.15) is 5.82 Å². The highest BCUT2D eigenvalue weighted by molar-refractivity contribution is 9.10. The number of benzene rings is 2. The Morgan fingerprint density at radius 1 is 1.19 bits per heavy atom. The van der Waals surface area contributed by atoms with Gasteiger partial charge in [0, 0.05) is 10.2 Å². The van der Waals surface area contributed by atoms with Crippen LogP contribution in [0.1, 0.15) is 20.7 Å². The highest BCUT2D eigenvalue weighted by atomic mass is 79.9. The second kappa shape index (κ2) is 6.24. The number of carbonyl (C=O) groups excluding carboxylic acids is 1. The van der Waals surface area contributed by atoms with Crippen molar-refractivity contribution in [1.29, 1.82) is 0 Å². The highest BCUT2D eigenvalue weighted by Crippen LogP contribution is 2.24. The third kappa shape index (κ3) is 3.40. The molecule has 108 valence electrons. The zero-order valence-electron chi connectivity index (χ0n) is 10.4. The molecule has 2 rings (SSSR count). The summed E-state index contributed by atoms with van der Waals surface area (Å²) in [5.41, 5.74) is 0.232. The Morgan fingerprint density at radius 2 is 1.90 bits per heavy atom. The zero-order chi connectivity index (χ0) is 15.6. The van der Waals surface area contributed by atoms with E-state index in [1.54, 1.807) is 0 Å². The molecule has 0 saturated carbocycles. The van der Waals surface area contributed by atoms with Gasteiger partial charge in [-0.1, -0.05) is 17.7 Å². The Morgan fingerprint density at radius 3 is 2.57 bits per heavy atom. The first-order valence-electron chi connectivity index (χ1n) is 5.68. The number of carboxylic acid groups (broad SMARTS) is 1. The molecule has 0 spiro atoms. The van der Waals surface area contributed by atoms with Crippen LogP contribution in [0.3, 0.4) is 0 Å². The number of anilines is 1. The van der Waals surface area contributed by atoms with E-state index in [9.17, 15) is 14.0 Å². The highest BCUT2D eigenvalue weighted by Gasteiger charge is 2.15. The molecular weight excluding hydrogens is 365 g/mol. The Balaban J connectivity index is 2.30. The van der Waals surface area contributed by atoms with Crippen molar-refractivity contribution in [2.75, 3.05) is 5.32 Å². The van der Waals surface area contributed by atoms with Gasteiger partial charge in [-0.05, 0) is 46.3 Å². The third-order valence-electron chi connectivity index (χ3n) is 2.65. The summed E-state index contributed by atoms with van der Waals surface area (Å²) in [6.45, 7) is 0. The molecule has 2 aromatic carbocycles. The lowest BCUT2D eigenvalue weighted by atomic mass is 10.1. The lowest BCUT2D eigenvalue weighted by Gasteiger charge is -2.08. The van der Waals surface area contributed by atoms with Crippen LogP contribution >= 0.6 is 27.5 Å². The van der Waals surface area contributed by atoms with Gasteiger partial charge in [0.15, 0.2) is 0 Å². The van der Waals surface area contributed by atoms with E-state index in [0.29, 0.717) is 4.47 Å². The molecule has 0 heterocycles. The molecule has 0 unspecified atom stereocenters. The summed E-state index contributed by atoms with van der Waals surface area (Å²) in [4.78, 5) is 23.0. The van der Waals surface area contributed by atoms with Gasteiger partial charge in [-0.15, -0.1) is 0 Å². The molecule has 21 heavy (non-hydrogen) atoms. The topological polar surface area (TPSA) is 66.4 Å². The molecule has 0 saturated heterocycles. The molecule has 0 fully saturated rings. The minimum Gasteiger partial charge on any atom is -0.478 e. The summed E-state index contributed by atoms with van der Waals surface area (Å²) in [5.74, 6) is -2.47. The van der Waals surface area contributed by atoms with Crippen LogP contribution in [0.25, 0.3) is 0 Å². The van der Waals surface area contributed by atoms with Gasteiger partial charge in [-0.25, -0.2) is 9.18 Å². The maximum atomic E-state index is 13.3. The average molecular weight is 373 g/mol.